The zero-order valence-corrected chi connectivity index (χ0v) is 20.2. The summed E-state index contributed by atoms with van der Waals surface area (Å²) in [6, 6.07) is 4.92. The van der Waals surface area contributed by atoms with Gasteiger partial charge in [0.1, 0.15) is 11.2 Å². The van der Waals surface area contributed by atoms with Gasteiger partial charge >= 0.3 is 19.4 Å². The Hall–Kier alpha value is -2.26. The molecule has 1 aliphatic heterocycles. The zero-order valence-electron chi connectivity index (χ0n) is 20.2. The van der Waals surface area contributed by atoms with Crippen LogP contribution in [0.2, 0.25) is 0 Å². The van der Waals surface area contributed by atoms with Gasteiger partial charge in [-0.1, -0.05) is 6.07 Å². The first-order valence-electron chi connectivity index (χ1n) is 10.3. The fraction of sp³-hybridized carbons (Fsp3) is 0.636. The quantitative estimate of drug-likeness (QED) is 0.420. The van der Waals surface area contributed by atoms with Gasteiger partial charge in [-0.25, -0.2) is 9.59 Å². The van der Waals surface area contributed by atoms with Crippen molar-refractivity contribution >= 4 is 30.5 Å². The second-order valence-electron chi connectivity index (χ2n) is 10.5. The Balaban J connectivity index is 2.33. The first kappa shape index (κ1) is 25.0. The maximum Gasteiger partial charge on any atom is 0.514 e. The van der Waals surface area contributed by atoms with Gasteiger partial charge in [-0.15, -0.1) is 0 Å². The van der Waals surface area contributed by atoms with E-state index in [2.05, 4.69) is 5.32 Å². The smallest absolute Gasteiger partial charge is 0.444 e. The molecule has 1 heterocycles. The Morgan fingerprint density at radius 1 is 0.903 bits per heavy atom. The van der Waals surface area contributed by atoms with Crippen LogP contribution in [0, 0.1) is 0 Å². The van der Waals surface area contributed by atoms with Crippen molar-refractivity contribution < 1.29 is 33.1 Å². The maximum atomic E-state index is 12.3. The lowest BCUT2D eigenvalue weighted by atomic mass is 9.79. The Morgan fingerprint density at radius 3 is 1.90 bits per heavy atom. The van der Waals surface area contributed by atoms with E-state index < -0.39 is 41.8 Å². The summed E-state index contributed by atoms with van der Waals surface area (Å²) in [5.74, 6) is 0.0901. The molecule has 0 saturated carbocycles. The molecular weight excluding hydrogens is 401 g/mol. The number of benzene rings is 1. The minimum Gasteiger partial charge on any atom is -0.444 e. The molecule has 0 spiro atoms. The lowest BCUT2D eigenvalue weighted by Gasteiger charge is -2.32. The molecule has 31 heavy (non-hydrogen) atoms. The average Bonchev–Trinajstić information content (AvgIpc) is 2.73. The Morgan fingerprint density at radius 2 is 1.42 bits per heavy atom. The average molecular weight is 435 g/mol. The van der Waals surface area contributed by atoms with Gasteiger partial charge in [-0.3, -0.25) is 5.32 Å². The van der Waals surface area contributed by atoms with Crippen LogP contribution in [0.5, 0.6) is 5.75 Å². The molecule has 2 rings (SSSR count). The van der Waals surface area contributed by atoms with Crippen LogP contribution in [0.4, 0.5) is 15.3 Å². The highest BCUT2D eigenvalue weighted by molar-refractivity contribution is 6.62. The molecule has 1 aromatic rings. The first-order valence-corrected chi connectivity index (χ1v) is 10.3. The van der Waals surface area contributed by atoms with Crippen LogP contribution >= 0.6 is 0 Å². The van der Waals surface area contributed by atoms with E-state index in [-0.39, 0.29) is 11.4 Å². The number of hydrogen-bond acceptors (Lipinski definition) is 7. The number of hydrogen-bond donors (Lipinski definition) is 1. The normalized spacial score (nSPS) is 17.8. The van der Waals surface area contributed by atoms with Crippen LogP contribution < -0.4 is 15.5 Å². The molecule has 0 radical (unpaired) electrons. The summed E-state index contributed by atoms with van der Waals surface area (Å²) < 4.78 is 28.1. The molecule has 8 nitrogen and oxygen atoms in total. The van der Waals surface area contributed by atoms with Crippen LogP contribution in [0.1, 0.15) is 69.2 Å². The Bertz CT molecular complexity index is 821. The highest BCUT2D eigenvalue weighted by Gasteiger charge is 2.51. The molecular formula is C22H34BNO7. The lowest BCUT2D eigenvalue weighted by molar-refractivity contribution is 0.00578. The number of amides is 1. The van der Waals surface area contributed by atoms with Gasteiger partial charge < -0.3 is 23.5 Å². The first-order chi connectivity index (χ1) is 13.9. The third-order valence-electron chi connectivity index (χ3n) is 4.75. The molecule has 0 aliphatic carbocycles. The van der Waals surface area contributed by atoms with Crippen LogP contribution in [-0.2, 0) is 18.8 Å². The van der Waals surface area contributed by atoms with E-state index in [4.69, 9.17) is 23.5 Å². The summed E-state index contributed by atoms with van der Waals surface area (Å²) in [4.78, 5) is 24.5. The number of nitrogens with one attached hydrogen (secondary N) is 1. The van der Waals surface area contributed by atoms with Crippen molar-refractivity contribution in [3.63, 3.8) is 0 Å². The van der Waals surface area contributed by atoms with Crippen molar-refractivity contribution in [3.8, 4) is 5.75 Å². The minimum absolute atomic E-state index is 0.0901. The summed E-state index contributed by atoms with van der Waals surface area (Å²) in [6.07, 6.45) is -1.57. The maximum absolute atomic E-state index is 12.3. The third-order valence-corrected chi connectivity index (χ3v) is 4.75. The van der Waals surface area contributed by atoms with E-state index in [1.165, 1.54) is 0 Å². The third kappa shape index (κ3) is 6.87. The molecule has 172 valence electrons. The summed E-state index contributed by atoms with van der Waals surface area (Å²) in [5, 5.41) is 2.61. The topological polar surface area (TPSA) is 92.3 Å². The zero-order chi connectivity index (χ0) is 23.8. The van der Waals surface area contributed by atoms with E-state index in [0.29, 0.717) is 5.46 Å². The van der Waals surface area contributed by atoms with Crippen molar-refractivity contribution in [2.75, 3.05) is 5.32 Å². The molecule has 0 unspecified atom stereocenters. The summed E-state index contributed by atoms with van der Waals surface area (Å²) in [5.41, 5.74) is -1.60. The molecule has 0 aromatic heterocycles. The van der Waals surface area contributed by atoms with Crippen LogP contribution in [0.25, 0.3) is 0 Å². The van der Waals surface area contributed by atoms with Crippen molar-refractivity contribution in [3.05, 3.63) is 18.2 Å². The highest BCUT2D eigenvalue weighted by Crippen LogP contribution is 2.37. The molecule has 0 bridgehead atoms. The predicted octanol–water partition coefficient (Wildman–Crippen LogP) is 4.65. The Kier molecular flexibility index (Phi) is 6.74. The van der Waals surface area contributed by atoms with Gasteiger partial charge in [0.15, 0.2) is 5.75 Å². The summed E-state index contributed by atoms with van der Waals surface area (Å²) in [7, 11) is -0.665. The standard InChI is InChI=1S/C22H34BNO7/c1-19(2,3)28-17(25)24-15-12-11-14(23-30-21(7,8)22(9,10)31-23)13-16(15)27-18(26)29-20(4,5)6/h11-13H,1-10H3,(H,24,25). The van der Waals surface area contributed by atoms with E-state index in [0.717, 1.165) is 0 Å². The fourth-order valence-electron chi connectivity index (χ4n) is 2.63. The van der Waals surface area contributed by atoms with E-state index in [1.807, 2.05) is 27.7 Å². The SMILES string of the molecule is CC(C)(C)OC(=O)Nc1ccc(B2OC(C)(C)C(C)(C)O2)cc1OC(=O)OC(C)(C)C. The largest absolute Gasteiger partial charge is 0.514 e. The van der Waals surface area contributed by atoms with Crippen LogP contribution in [0.15, 0.2) is 18.2 Å². The number of ether oxygens (including phenoxy) is 3. The number of carbonyl (C=O) groups excluding carboxylic acids is 2. The fourth-order valence-corrected chi connectivity index (χ4v) is 2.63. The summed E-state index contributed by atoms with van der Waals surface area (Å²) in [6.45, 7) is 18.3. The minimum atomic E-state index is -0.897. The number of rotatable bonds is 3. The molecule has 1 aromatic carbocycles. The molecule has 9 heteroatoms. The van der Waals surface area contributed by atoms with E-state index in [1.54, 1.807) is 59.7 Å². The van der Waals surface area contributed by atoms with Crippen molar-refractivity contribution in [1.82, 2.24) is 0 Å². The van der Waals surface area contributed by atoms with Crippen LogP contribution in [-0.4, -0.2) is 41.8 Å². The van der Waals surface area contributed by atoms with Crippen molar-refractivity contribution in [1.29, 1.82) is 0 Å². The molecule has 1 amide bonds. The van der Waals surface area contributed by atoms with Gasteiger partial charge in [0.25, 0.3) is 0 Å². The van der Waals surface area contributed by atoms with Crippen molar-refractivity contribution in [2.45, 2.75) is 91.6 Å². The lowest BCUT2D eigenvalue weighted by Crippen LogP contribution is -2.41. The second-order valence-corrected chi connectivity index (χ2v) is 10.5. The monoisotopic (exact) mass is 435 g/mol. The van der Waals surface area contributed by atoms with Gasteiger partial charge in [-0.2, -0.15) is 0 Å². The van der Waals surface area contributed by atoms with E-state index in [9.17, 15) is 9.59 Å². The van der Waals surface area contributed by atoms with Gasteiger partial charge in [0, 0.05) is 0 Å². The van der Waals surface area contributed by atoms with Crippen LogP contribution in [0.3, 0.4) is 0 Å². The molecule has 0 atom stereocenters. The van der Waals surface area contributed by atoms with Gasteiger partial charge in [0.2, 0.25) is 0 Å². The van der Waals surface area contributed by atoms with E-state index >= 15 is 0 Å². The second kappa shape index (κ2) is 8.35. The number of carbonyl (C=O) groups is 2. The Labute approximate surface area is 185 Å². The van der Waals surface area contributed by atoms with Gasteiger partial charge in [-0.05, 0) is 86.8 Å². The molecule has 1 aliphatic rings. The van der Waals surface area contributed by atoms with Gasteiger partial charge in [0.05, 0.1) is 16.9 Å². The van der Waals surface area contributed by atoms with Crippen molar-refractivity contribution in [2.24, 2.45) is 0 Å². The highest BCUT2D eigenvalue weighted by atomic mass is 16.7. The predicted molar refractivity (Wildman–Crippen MR) is 119 cm³/mol. The summed E-state index contributed by atoms with van der Waals surface area (Å²) >= 11 is 0. The molecule has 1 fully saturated rings. The number of anilines is 1. The molecule has 1 saturated heterocycles. The molecule has 1 N–H and O–H groups in total.